The Kier molecular flexibility index (Phi) is 5.31. The Morgan fingerprint density at radius 2 is 2.18 bits per heavy atom. The van der Waals surface area contributed by atoms with Crippen LogP contribution in [0.4, 0.5) is 0 Å². The molecule has 0 aliphatic rings. The lowest BCUT2D eigenvalue weighted by atomic mass is 10.2. The summed E-state index contributed by atoms with van der Waals surface area (Å²) in [6.07, 6.45) is 1.99. The summed E-state index contributed by atoms with van der Waals surface area (Å²) in [5.74, 6) is 0.0782. The quantitative estimate of drug-likeness (QED) is 0.458. The number of carbonyl (C=O) groups is 1. The van der Waals surface area contributed by atoms with E-state index >= 15 is 0 Å². The van der Waals surface area contributed by atoms with Crippen LogP contribution in [0.3, 0.4) is 0 Å². The molecule has 0 unspecified atom stereocenters. The first-order valence-electron chi connectivity index (χ1n) is 6.78. The molecule has 0 radical (unpaired) electrons. The molecule has 8 nitrogen and oxygen atoms in total. The van der Waals surface area contributed by atoms with Gasteiger partial charge < -0.3 is 13.9 Å². The topological polar surface area (TPSA) is 107 Å². The van der Waals surface area contributed by atoms with Crippen LogP contribution in [0.5, 0.6) is 11.5 Å². The molecule has 1 amide bonds. The predicted octanol–water partition coefficient (Wildman–Crippen LogP) is 2.04. The van der Waals surface area contributed by atoms with Crippen molar-refractivity contribution >= 4 is 5.91 Å². The summed E-state index contributed by atoms with van der Waals surface area (Å²) in [6, 6.07) is 5.13. The third-order valence-electron chi connectivity index (χ3n) is 2.89. The number of aromatic nitrogens is 2. The Balaban J connectivity index is 2.21. The van der Waals surface area contributed by atoms with Crippen molar-refractivity contribution in [2.45, 2.75) is 19.8 Å². The van der Waals surface area contributed by atoms with Gasteiger partial charge in [0.2, 0.25) is 5.89 Å². The maximum Gasteiger partial charge on any atom is 0.332 e. The van der Waals surface area contributed by atoms with Gasteiger partial charge in [-0.05, 0) is 24.6 Å². The van der Waals surface area contributed by atoms with E-state index in [2.05, 4.69) is 17.1 Å². The van der Waals surface area contributed by atoms with E-state index in [0.29, 0.717) is 23.7 Å². The molecule has 0 atom stereocenters. The number of nitrogens with zero attached hydrogens (tertiary/aromatic N) is 2. The Morgan fingerprint density at radius 1 is 1.36 bits per heavy atom. The smallest absolute Gasteiger partial charge is 0.332 e. The van der Waals surface area contributed by atoms with E-state index in [1.165, 1.54) is 12.6 Å². The summed E-state index contributed by atoms with van der Waals surface area (Å²) < 4.78 is 16.1. The lowest BCUT2D eigenvalue weighted by Gasteiger charge is -2.10. The molecule has 22 heavy (non-hydrogen) atoms. The summed E-state index contributed by atoms with van der Waals surface area (Å²) in [4.78, 5) is 11.2. The van der Waals surface area contributed by atoms with E-state index in [0.717, 1.165) is 12.8 Å². The average Bonchev–Trinajstić information content (AvgIpc) is 3.04. The van der Waals surface area contributed by atoms with Gasteiger partial charge in [-0.1, -0.05) is 13.3 Å². The van der Waals surface area contributed by atoms with E-state index in [9.17, 15) is 4.79 Å². The minimum absolute atomic E-state index is 0.136. The van der Waals surface area contributed by atoms with Crippen molar-refractivity contribution in [1.82, 2.24) is 15.7 Å². The molecule has 2 aromatic rings. The molecule has 0 spiro atoms. The zero-order chi connectivity index (χ0) is 15.9. The zero-order valence-electron chi connectivity index (χ0n) is 12.3. The van der Waals surface area contributed by atoms with Gasteiger partial charge in [0.05, 0.1) is 13.7 Å². The van der Waals surface area contributed by atoms with Crippen LogP contribution < -0.4 is 15.0 Å². The van der Waals surface area contributed by atoms with Crippen LogP contribution in [0.25, 0.3) is 11.5 Å². The standard InChI is InChI=1S/C14H17N3O5/c1-3-4-7-21-10-6-5-9(8-11(10)20-2)13-15-16-14(22-13)12(18)17-19/h5-6,8,19H,3-4,7H2,1-2H3,(H,17,18). The van der Waals surface area contributed by atoms with Crippen LogP contribution in [0, 0.1) is 0 Å². The van der Waals surface area contributed by atoms with Gasteiger partial charge in [0, 0.05) is 5.56 Å². The van der Waals surface area contributed by atoms with Gasteiger partial charge in [-0.15, -0.1) is 10.2 Å². The van der Waals surface area contributed by atoms with E-state index in [-0.39, 0.29) is 11.8 Å². The summed E-state index contributed by atoms with van der Waals surface area (Å²) in [7, 11) is 1.53. The molecule has 0 fully saturated rings. The van der Waals surface area contributed by atoms with E-state index < -0.39 is 5.91 Å². The summed E-state index contributed by atoms with van der Waals surface area (Å²) in [5, 5.41) is 15.8. The van der Waals surface area contributed by atoms with E-state index in [1.807, 2.05) is 0 Å². The maximum absolute atomic E-state index is 11.2. The molecule has 0 aliphatic heterocycles. The first-order chi connectivity index (χ1) is 10.7. The largest absolute Gasteiger partial charge is 0.493 e. The molecular formula is C14H17N3O5. The van der Waals surface area contributed by atoms with Gasteiger partial charge in [-0.25, -0.2) is 5.48 Å². The number of nitrogens with one attached hydrogen (secondary N) is 1. The highest BCUT2D eigenvalue weighted by Gasteiger charge is 2.16. The number of hydrogen-bond donors (Lipinski definition) is 2. The molecule has 0 aliphatic carbocycles. The van der Waals surface area contributed by atoms with Crippen LogP contribution in [-0.4, -0.2) is 35.0 Å². The number of unbranched alkanes of at least 4 members (excludes halogenated alkanes) is 1. The van der Waals surface area contributed by atoms with Gasteiger partial charge >= 0.3 is 11.8 Å². The molecule has 8 heteroatoms. The van der Waals surface area contributed by atoms with Gasteiger partial charge in [0.25, 0.3) is 0 Å². The second-order valence-electron chi connectivity index (χ2n) is 4.42. The molecule has 118 valence electrons. The van der Waals surface area contributed by atoms with E-state index in [4.69, 9.17) is 19.1 Å². The Labute approximate surface area is 127 Å². The minimum atomic E-state index is -0.870. The molecule has 0 saturated carbocycles. The lowest BCUT2D eigenvalue weighted by Crippen LogP contribution is -2.18. The first kappa shape index (κ1) is 15.8. The van der Waals surface area contributed by atoms with Crippen molar-refractivity contribution in [1.29, 1.82) is 0 Å². The third-order valence-corrected chi connectivity index (χ3v) is 2.89. The van der Waals surface area contributed by atoms with Gasteiger partial charge in [0.1, 0.15) is 0 Å². The van der Waals surface area contributed by atoms with Gasteiger partial charge in [-0.2, -0.15) is 0 Å². The number of methoxy groups -OCH3 is 1. The fourth-order valence-electron chi connectivity index (χ4n) is 1.73. The Bertz CT molecular complexity index is 641. The van der Waals surface area contributed by atoms with Crippen LogP contribution in [0.1, 0.15) is 30.5 Å². The van der Waals surface area contributed by atoms with E-state index in [1.54, 1.807) is 18.2 Å². The van der Waals surface area contributed by atoms with Crippen LogP contribution in [0.2, 0.25) is 0 Å². The van der Waals surface area contributed by atoms with Gasteiger partial charge in [0.15, 0.2) is 11.5 Å². The molecule has 2 N–H and O–H groups in total. The second-order valence-corrected chi connectivity index (χ2v) is 4.42. The molecule has 1 aromatic heterocycles. The number of carbonyl (C=O) groups excluding carboxylic acids is 1. The lowest BCUT2D eigenvalue weighted by molar-refractivity contribution is 0.0669. The molecule has 2 rings (SSSR count). The SMILES string of the molecule is CCCCOc1ccc(-c2nnc(C(=O)NO)o2)cc1OC. The predicted molar refractivity (Wildman–Crippen MR) is 75.9 cm³/mol. The van der Waals surface area contributed by atoms with Crippen molar-refractivity contribution < 1.29 is 23.9 Å². The number of rotatable bonds is 7. The molecule has 0 saturated heterocycles. The first-order valence-corrected chi connectivity index (χ1v) is 6.78. The molecule has 1 heterocycles. The molecular weight excluding hydrogens is 290 g/mol. The number of benzene rings is 1. The normalized spacial score (nSPS) is 10.3. The highest BCUT2D eigenvalue weighted by atomic mass is 16.5. The number of hydrogen-bond acceptors (Lipinski definition) is 7. The summed E-state index contributed by atoms with van der Waals surface area (Å²) >= 11 is 0. The monoisotopic (exact) mass is 307 g/mol. The summed E-state index contributed by atoms with van der Waals surface area (Å²) in [5.41, 5.74) is 2.00. The molecule has 1 aromatic carbocycles. The Hall–Kier alpha value is -2.61. The van der Waals surface area contributed by atoms with Crippen molar-refractivity contribution in [2.24, 2.45) is 0 Å². The average molecular weight is 307 g/mol. The highest BCUT2D eigenvalue weighted by molar-refractivity contribution is 5.88. The van der Waals surface area contributed by atoms with Crippen molar-refractivity contribution in [2.75, 3.05) is 13.7 Å². The van der Waals surface area contributed by atoms with Crippen molar-refractivity contribution in [3.8, 4) is 23.0 Å². The number of hydroxylamine groups is 1. The van der Waals surface area contributed by atoms with Gasteiger partial charge in [-0.3, -0.25) is 10.0 Å². The number of amides is 1. The van der Waals surface area contributed by atoms with Crippen molar-refractivity contribution in [3.05, 3.63) is 24.1 Å². The van der Waals surface area contributed by atoms with Crippen molar-refractivity contribution in [3.63, 3.8) is 0 Å². The second kappa shape index (κ2) is 7.41. The fraction of sp³-hybridized carbons (Fsp3) is 0.357. The zero-order valence-corrected chi connectivity index (χ0v) is 12.3. The van der Waals surface area contributed by atoms with Crippen LogP contribution >= 0.6 is 0 Å². The highest BCUT2D eigenvalue weighted by Crippen LogP contribution is 2.32. The van der Waals surface area contributed by atoms with Crippen LogP contribution in [0.15, 0.2) is 22.6 Å². The van der Waals surface area contributed by atoms with Crippen LogP contribution in [-0.2, 0) is 0 Å². The Morgan fingerprint density at radius 3 is 2.86 bits per heavy atom. The maximum atomic E-state index is 11.2. The minimum Gasteiger partial charge on any atom is -0.493 e. The summed E-state index contributed by atoms with van der Waals surface area (Å²) in [6.45, 7) is 2.69. The fourth-order valence-corrected chi connectivity index (χ4v) is 1.73. The third kappa shape index (κ3) is 3.53. The molecule has 0 bridgehead atoms. The number of ether oxygens (including phenoxy) is 2.